The average molecular weight is 276 g/mol. The van der Waals surface area contributed by atoms with Gasteiger partial charge in [-0.1, -0.05) is 6.07 Å². The number of carbonyl (C=O) groups excluding carboxylic acids is 2. The molecule has 0 bridgehead atoms. The zero-order chi connectivity index (χ0) is 14.7. The molecule has 1 unspecified atom stereocenters. The Kier molecular flexibility index (Phi) is 4.27. The number of nitrogens with zero attached hydrogens (tertiary/aromatic N) is 1. The Bertz CT molecular complexity index is 514. The molecule has 2 amide bonds. The van der Waals surface area contributed by atoms with Crippen molar-refractivity contribution in [2.24, 2.45) is 5.92 Å². The molecule has 1 aliphatic rings. The lowest BCUT2D eigenvalue weighted by atomic mass is 10.1. The first-order chi connectivity index (χ1) is 9.51. The van der Waals surface area contributed by atoms with Crippen LogP contribution in [0, 0.1) is 5.92 Å². The number of amides is 2. The maximum absolute atomic E-state index is 12.1. The first-order valence-corrected chi connectivity index (χ1v) is 6.76. The predicted octanol–water partition coefficient (Wildman–Crippen LogP) is 1.57. The fourth-order valence-corrected chi connectivity index (χ4v) is 2.31. The maximum Gasteiger partial charge on any atom is 0.227 e. The number of carbonyl (C=O) groups is 2. The molecule has 0 spiro atoms. The smallest absolute Gasteiger partial charge is 0.227 e. The van der Waals surface area contributed by atoms with Gasteiger partial charge in [-0.05, 0) is 26.0 Å². The van der Waals surface area contributed by atoms with Gasteiger partial charge >= 0.3 is 0 Å². The van der Waals surface area contributed by atoms with Gasteiger partial charge in [-0.2, -0.15) is 0 Å². The lowest BCUT2D eigenvalue weighted by molar-refractivity contribution is -0.126. The minimum absolute atomic E-state index is 0.0258. The third kappa shape index (κ3) is 3.10. The minimum atomic E-state index is -0.281. The Labute approximate surface area is 118 Å². The number of benzene rings is 1. The van der Waals surface area contributed by atoms with E-state index >= 15 is 0 Å². The van der Waals surface area contributed by atoms with Crippen molar-refractivity contribution in [3.05, 3.63) is 24.3 Å². The Balaban J connectivity index is 2.10. The number of anilines is 1. The zero-order valence-electron chi connectivity index (χ0n) is 12.1. The average Bonchev–Trinajstić information content (AvgIpc) is 2.80. The number of hydrogen-bond acceptors (Lipinski definition) is 3. The van der Waals surface area contributed by atoms with Crippen molar-refractivity contribution >= 4 is 17.5 Å². The van der Waals surface area contributed by atoms with Gasteiger partial charge in [0, 0.05) is 30.8 Å². The molecule has 1 atom stereocenters. The first kappa shape index (κ1) is 14.4. The van der Waals surface area contributed by atoms with Crippen LogP contribution in [-0.2, 0) is 9.59 Å². The minimum Gasteiger partial charge on any atom is -0.497 e. The van der Waals surface area contributed by atoms with Crippen LogP contribution < -0.4 is 15.0 Å². The lowest BCUT2D eigenvalue weighted by Gasteiger charge is -2.18. The summed E-state index contributed by atoms with van der Waals surface area (Å²) < 4.78 is 5.16. The summed E-state index contributed by atoms with van der Waals surface area (Å²) >= 11 is 0. The molecule has 1 N–H and O–H groups in total. The summed E-state index contributed by atoms with van der Waals surface area (Å²) in [5, 5.41) is 2.86. The molecule has 0 radical (unpaired) electrons. The molecular formula is C15H20N2O3. The number of rotatable bonds is 4. The molecule has 5 nitrogen and oxygen atoms in total. The molecule has 1 heterocycles. The molecule has 0 saturated carbocycles. The van der Waals surface area contributed by atoms with E-state index in [4.69, 9.17) is 4.74 Å². The van der Waals surface area contributed by atoms with Crippen LogP contribution in [0.4, 0.5) is 5.69 Å². The molecule has 1 aromatic rings. The van der Waals surface area contributed by atoms with E-state index in [1.54, 1.807) is 18.1 Å². The van der Waals surface area contributed by atoms with E-state index in [9.17, 15) is 9.59 Å². The fraction of sp³-hybridized carbons (Fsp3) is 0.467. The highest BCUT2D eigenvalue weighted by Crippen LogP contribution is 2.27. The van der Waals surface area contributed by atoms with Crippen molar-refractivity contribution in [2.75, 3.05) is 18.6 Å². The SMILES string of the molecule is COc1cccc(N2CC(C(=O)NC(C)C)CC2=O)c1. The maximum atomic E-state index is 12.1. The Morgan fingerprint density at radius 2 is 2.20 bits per heavy atom. The largest absolute Gasteiger partial charge is 0.497 e. The fourth-order valence-electron chi connectivity index (χ4n) is 2.31. The molecule has 1 fully saturated rings. The van der Waals surface area contributed by atoms with E-state index in [-0.39, 0.29) is 30.2 Å². The van der Waals surface area contributed by atoms with Gasteiger partial charge in [0.25, 0.3) is 0 Å². The third-order valence-electron chi connectivity index (χ3n) is 3.29. The number of nitrogens with one attached hydrogen (secondary N) is 1. The second-order valence-electron chi connectivity index (χ2n) is 5.27. The molecule has 0 aromatic heterocycles. The highest BCUT2D eigenvalue weighted by Gasteiger charge is 2.35. The van der Waals surface area contributed by atoms with E-state index in [1.807, 2.05) is 32.0 Å². The van der Waals surface area contributed by atoms with E-state index in [1.165, 1.54) is 0 Å². The predicted molar refractivity (Wildman–Crippen MR) is 76.7 cm³/mol. The number of hydrogen-bond donors (Lipinski definition) is 1. The van der Waals surface area contributed by atoms with Gasteiger partial charge < -0.3 is 15.0 Å². The zero-order valence-corrected chi connectivity index (χ0v) is 12.1. The molecule has 5 heteroatoms. The van der Waals surface area contributed by atoms with E-state index < -0.39 is 0 Å². The lowest BCUT2D eigenvalue weighted by Crippen LogP contribution is -2.36. The molecule has 1 aromatic carbocycles. The van der Waals surface area contributed by atoms with Crippen LogP contribution in [0.1, 0.15) is 20.3 Å². The highest BCUT2D eigenvalue weighted by atomic mass is 16.5. The Morgan fingerprint density at radius 1 is 1.45 bits per heavy atom. The topological polar surface area (TPSA) is 58.6 Å². The van der Waals surface area contributed by atoms with Crippen molar-refractivity contribution in [3.8, 4) is 5.75 Å². The summed E-state index contributed by atoms with van der Waals surface area (Å²) in [6, 6.07) is 7.41. The van der Waals surface area contributed by atoms with Gasteiger partial charge in [0.2, 0.25) is 11.8 Å². The molecule has 20 heavy (non-hydrogen) atoms. The van der Waals surface area contributed by atoms with Crippen LogP contribution in [0.5, 0.6) is 5.75 Å². The van der Waals surface area contributed by atoms with Gasteiger partial charge in [0.05, 0.1) is 13.0 Å². The summed E-state index contributed by atoms with van der Waals surface area (Å²) in [5.74, 6) is 0.336. The molecule has 1 saturated heterocycles. The quantitative estimate of drug-likeness (QED) is 0.908. The molecular weight excluding hydrogens is 256 g/mol. The number of methoxy groups -OCH3 is 1. The summed E-state index contributed by atoms with van der Waals surface area (Å²) in [6.45, 7) is 4.24. The second-order valence-corrected chi connectivity index (χ2v) is 5.27. The van der Waals surface area contributed by atoms with E-state index in [2.05, 4.69) is 5.32 Å². The van der Waals surface area contributed by atoms with Crippen molar-refractivity contribution in [1.82, 2.24) is 5.32 Å². The van der Waals surface area contributed by atoms with Gasteiger partial charge in [0.1, 0.15) is 5.75 Å². The standard InChI is InChI=1S/C15H20N2O3/c1-10(2)16-15(19)11-7-14(18)17(9-11)12-5-4-6-13(8-12)20-3/h4-6,8,10-11H,7,9H2,1-3H3,(H,16,19). The van der Waals surface area contributed by atoms with Crippen molar-refractivity contribution in [1.29, 1.82) is 0 Å². The van der Waals surface area contributed by atoms with Gasteiger partial charge in [-0.15, -0.1) is 0 Å². The van der Waals surface area contributed by atoms with Gasteiger partial charge in [0.15, 0.2) is 0 Å². The van der Waals surface area contributed by atoms with Gasteiger partial charge in [-0.3, -0.25) is 9.59 Å². The van der Waals surface area contributed by atoms with Crippen molar-refractivity contribution in [3.63, 3.8) is 0 Å². The van der Waals surface area contributed by atoms with Crippen LogP contribution in [0.2, 0.25) is 0 Å². The second kappa shape index (κ2) is 5.94. The third-order valence-corrected chi connectivity index (χ3v) is 3.29. The molecule has 1 aliphatic heterocycles. The van der Waals surface area contributed by atoms with Gasteiger partial charge in [-0.25, -0.2) is 0 Å². The van der Waals surface area contributed by atoms with Crippen LogP contribution >= 0.6 is 0 Å². The summed E-state index contributed by atoms with van der Waals surface area (Å²) in [7, 11) is 1.59. The summed E-state index contributed by atoms with van der Waals surface area (Å²) in [6.07, 6.45) is 0.260. The Hall–Kier alpha value is -2.04. The van der Waals surface area contributed by atoms with Crippen LogP contribution in [0.25, 0.3) is 0 Å². The highest BCUT2D eigenvalue weighted by molar-refractivity contribution is 6.00. The summed E-state index contributed by atoms with van der Waals surface area (Å²) in [4.78, 5) is 25.7. The normalized spacial score (nSPS) is 18.5. The number of ether oxygens (including phenoxy) is 1. The van der Waals surface area contributed by atoms with Crippen molar-refractivity contribution in [2.45, 2.75) is 26.3 Å². The molecule has 0 aliphatic carbocycles. The van der Waals surface area contributed by atoms with Crippen molar-refractivity contribution < 1.29 is 14.3 Å². The van der Waals surface area contributed by atoms with Crippen LogP contribution in [0.3, 0.4) is 0 Å². The van der Waals surface area contributed by atoms with E-state index in [0.29, 0.717) is 12.3 Å². The van der Waals surface area contributed by atoms with Crippen LogP contribution in [-0.4, -0.2) is 31.5 Å². The Morgan fingerprint density at radius 3 is 2.85 bits per heavy atom. The van der Waals surface area contributed by atoms with Crippen LogP contribution in [0.15, 0.2) is 24.3 Å². The first-order valence-electron chi connectivity index (χ1n) is 6.76. The summed E-state index contributed by atoms with van der Waals surface area (Å²) in [5.41, 5.74) is 0.772. The monoisotopic (exact) mass is 276 g/mol. The molecule has 2 rings (SSSR count). The molecule has 108 valence electrons. The van der Waals surface area contributed by atoms with E-state index in [0.717, 1.165) is 5.69 Å².